The van der Waals surface area contributed by atoms with Crippen LogP contribution in [-0.4, -0.2) is 60.0 Å². The molecule has 0 aromatic carbocycles. The summed E-state index contributed by atoms with van der Waals surface area (Å²) in [6, 6.07) is 0.344. The molecule has 2 fully saturated rings. The van der Waals surface area contributed by atoms with Gasteiger partial charge in [-0.25, -0.2) is 4.79 Å². The van der Waals surface area contributed by atoms with E-state index in [0.717, 1.165) is 38.6 Å². The van der Waals surface area contributed by atoms with Crippen LogP contribution in [0.4, 0.5) is 4.79 Å². The van der Waals surface area contributed by atoms with Gasteiger partial charge in [0.05, 0.1) is 0 Å². The molecule has 0 aromatic heterocycles. The van der Waals surface area contributed by atoms with Gasteiger partial charge in [-0.15, -0.1) is 0 Å². The highest BCUT2D eigenvalue weighted by Crippen LogP contribution is 2.38. The van der Waals surface area contributed by atoms with Crippen LogP contribution in [0.15, 0.2) is 0 Å². The Hall–Kier alpha value is -1.10. The number of rotatable bonds is 4. The smallest absolute Gasteiger partial charge is 0.410 e. The Morgan fingerprint density at radius 2 is 1.70 bits per heavy atom. The van der Waals surface area contributed by atoms with E-state index in [0.29, 0.717) is 12.2 Å². The molecule has 2 atom stereocenters. The molecule has 0 aliphatic carbocycles. The van der Waals surface area contributed by atoms with E-state index in [2.05, 4.69) is 4.90 Å². The van der Waals surface area contributed by atoms with Gasteiger partial charge in [0.15, 0.2) is 0 Å². The van der Waals surface area contributed by atoms with Gasteiger partial charge >= 0.3 is 6.09 Å². The highest BCUT2D eigenvalue weighted by atomic mass is 16.6. The molecule has 2 bridgehead atoms. The SMILES string of the molecule is CN(C)CCC(=O)C1CC2CCCC(C1)N2C(=O)OC(C)(C)C. The number of ketones is 1. The van der Waals surface area contributed by atoms with Crippen LogP contribution >= 0.6 is 0 Å². The molecule has 2 heterocycles. The monoisotopic (exact) mass is 324 g/mol. The normalized spacial score (nSPS) is 27.9. The van der Waals surface area contributed by atoms with Crippen molar-refractivity contribution in [1.82, 2.24) is 9.80 Å². The number of hydrogen-bond acceptors (Lipinski definition) is 4. The van der Waals surface area contributed by atoms with E-state index >= 15 is 0 Å². The van der Waals surface area contributed by atoms with Crippen molar-refractivity contribution < 1.29 is 14.3 Å². The fourth-order valence-corrected chi connectivity index (χ4v) is 3.79. The number of nitrogens with zero attached hydrogens (tertiary/aromatic N) is 2. The largest absolute Gasteiger partial charge is 0.444 e. The molecule has 23 heavy (non-hydrogen) atoms. The summed E-state index contributed by atoms with van der Waals surface area (Å²) in [6.07, 6.45) is 5.16. The first kappa shape index (κ1) is 18.2. The molecular formula is C18H32N2O3. The maximum Gasteiger partial charge on any atom is 0.410 e. The lowest BCUT2D eigenvalue weighted by atomic mass is 9.76. The quantitative estimate of drug-likeness (QED) is 0.797. The minimum Gasteiger partial charge on any atom is -0.444 e. The zero-order valence-corrected chi connectivity index (χ0v) is 15.3. The van der Waals surface area contributed by atoms with Gasteiger partial charge in [0.1, 0.15) is 11.4 Å². The van der Waals surface area contributed by atoms with Gasteiger partial charge in [-0.1, -0.05) is 0 Å². The number of fused-ring (bicyclic) bond motifs is 2. The summed E-state index contributed by atoms with van der Waals surface area (Å²) in [5, 5.41) is 0. The second kappa shape index (κ2) is 7.20. The third-order valence-corrected chi connectivity index (χ3v) is 4.84. The Labute approximate surface area is 140 Å². The lowest BCUT2D eigenvalue weighted by molar-refractivity contribution is -0.127. The Bertz CT molecular complexity index is 428. The van der Waals surface area contributed by atoms with Crippen LogP contribution in [-0.2, 0) is 9.53 Å². The van der Waals surface area contributed by atoms with Crippen LogP contribution in [0, 0.1) is 5.92 Å². The summed E-state index contributed by atoms with van der Waals surface area (Å²) >= 11 is 0. The summed E-state index contributed by atoms with van der Waals surface area (Å²) in [7, 11) is 3.99. The van der Waals surface area contributed by atoms with Crippen molar-refractivity contribution in [2.24, 2.45) is 5.92 Å². The molecule has 0 radical (unpaired) electrons. The van der Waals surface area contributed by atoms with E-state index in [4.69, 9.17) is 4.74 Å². The zero-order valence-electron chi connectivity index (χ0n) is 15.3. The van der Waals surface area contributed by atoms with E-state index in [9.17, 15) is 9.59 Å². The summed E-state index contributed by atoms with van der Waals surface area (Å²) in [6.45, 7) is 6.51. The zero-order chi connectivity index (χ0) is 17.2. The average molecular weight is 324 g/mol. The van der Waals surface area contributed by atoms with E-state index in [-0.39, 0.29) is 24.1 Å². The highest BCUT2D eigenvalue weighted by Gasteiger charge is 2.44. The summed E-state index contributed by atoms with van der Waals surface area (Å²) in [5.74, 6) is 0.475. The van der Waals surface area contributed by atoms with Crippen molar-refractivity contribution in [3.05, 3.63) is 0 Å². The van der Waals surface area contributed by atoms with Crippen molar-refractivity contribution in [3.8, 4) is 0 Å². The standard InChI is InChI=1S/C18H32N2O3/c1-18(2,3)23-17(22)20-14-7-6-8-15(20)12-13(11-14)16(21)9-10-19(4)5/h13-15H,6-12H2,1-5H3. The second-order valence-corrected chi connectivity index (χ2v) is 8.31. The van der Waals surface area contributed by atoms with Crippen LogP contribution < -0.4 is 0 Å². The van der Waals surface area contributed by atoms with Gasteiger partial charge in [-0.3, -0.25) is 4.79 Å². The maximum absolute atomic E-state index is 12.5. The van der Waals surface area contributed by atoms with Gasteiger partial charge < -0.3 is 14.5 Å². The fraction of sp³-hybridized carbons (Fsp3) is 0.889. The second-order valence-electron chi connectivity index (χ2n) is 8.31. The Balaban J connectivity index is 2.00. The maximum atomic E-state index is 12.5. The van der Waals surface area contributed by atoms with Crippen LogP contribution in [0.5, 0.6) is 0 Å². The number of carbonyl (C=O) groups excluding carboxylic acids is 2. The van der Waals surface area contributed by atoms with Crippen molar-refractivity contribution >= 4 is 11.9 Å². The minimum atomic E-state index is -0.468. The first-order valence-electron chi connectivity index (χ1n) is 8.86. The molecule has 132 valence electrons. The topological polar surface area (TPSA) is 49.9 Å². The molecule has 0 N–H and O–H groups in total. The van der Waals surface area contributed by atoms with Crippen LogP contribution in [0.2, 0.25) is 0 Å². The van der Waals surface area contributed by atoms with Gasteiger partial charge in [0, 0.05) is 31.0 Å². The van der Waals surface area contributed by atoms with Crippen molar-refractivity contribution in [2.75, 3.05) is 20.6 Å². The van der Waals surface area contributed by atoms with E-state index < -0.39 is 5.60 Å². The molecule has 1 amide bonds. The fourth-order valence-electron chi connectivity index (χ4n) is 3.79. The molecule has 2 aliphatic rings. The van der Waals surface area contributed by atoms with Gasteiger partial charge in [-0.05, 0) is 67.0 Å². The van der Waals surface area contributed by atoms with Crippen LogP contribution in [0.1, 0.15) is 59.3 Å². The van der Waals surface area contributed by atoms with Crippen LogP contribution in [0.25, 0.3) is 0 Å². The Morgan fingerprint density at radius 3 is 2.17 bits per heavy atom. The van der Waals surface area contributed by atoms with Crippen molar-refractivity contribution in [3.63, 3.8) is 0 Å². The lowest BCUT2D eigenvalue weighted by Gasteiger charge is -2.48. The molecule has 2 saturated heterocycles. The molecule has 2 rings (SSSR count). The molecule has 2 unspecified atom stereocenters. The summed E-state index contributed by atoms with van der Waals surface area (Å²) in [5.41, 5.74) is -0.468. The van der Waals surface area contributed by atoms with Crippen LogP contribution in [0.3, 0.4) is 0 Å². The number of piperidine rings is 2. The highest BCUT2D eigenvalue weighted by molar-refractivity contribution is 5.82. The number of carbonyl (C=O) groups is 2. The van der Waals surface area contributed by atoms with E-state index in [1.165, 1.54) is 0 Å². The Morgan fingerprint density at radius 1 is 1.13 bits per heavy atom. The number of Topliss-reactive ketones (excluding diaryl/α,β-unsaturated/α-hetero) is 1. The number of amides is 1. The predicted molar refractivity (Wildman–Crippen MR) is 90.4 cm³/mol. The summed E-state index contributed by atoms with van der Waals surface area (Å²) in [4.78, 5) is 29.0. The van der Waals surface area contributed by atoms with Gasteiger partial charge in [-0.2, -0.15) is 0 Å². The number of ether oxygens (including phenoxy) is 1. The number of hydrogen-bond donors (Lipinski definition) is 0. The van der Waals surface area contributed by atoms with Crippen molar-refractivity contribution in [1.29, 1.82) is 0 Å². The molecule has 5 heteroatoms. The van der Waals surface area contributed by atoms with E-state index in [1.807, 2.05) is 39.8 Å². The molecule has 0 saturated carbocycles. The molecular weight excluding hydrogens is 292 g/mol. The predicted octanol–water partition coefficient (Wildman–Crippen LogP) is 3.08. The third-order valence-electron chi connectivity index (χ3n) is 4.84. The molecule has 0 aromatic rings. The molecule has 5 nitrogen and oxygen atoms in total. The summed E-state index contributed by atoms with van der Waals surface area (Å²) < 4.78 is 5.58. The lowest BCUT2D eigenvalue weighted by Crippen LogP contribution is -2.56. The molecule has 2 aliphatic heterocycles. The molecule has 0 spiro atoms. The first-order chi connectivity index (χ1) is 10.7. The Kier molecular flexibility index (Phi) is 5.71. The van der Waals surface area contributed by atoms with E-state index in [1.54, 1.807) is 0 Å². The average Bonchev–Trinajstić information content (AvgIpc) is 2.41. The first-order valence-corrected chi connectivity index (χ1v) is 8.86. The van der Waals surface area contributed by atoms with Gasteiger partial charge in [0.25, 0.3) is 0 Å². The van der Waals surface area contributed by atoms with Gasteiger partial charge in [0.2, 0.25) is 0 Å². The van der Waals surface area contributed by atoms with Crippen molar-refractivity contribution in [2.45, 2.75) is 77.0 Å². The minimum absolute atomic E-state index is 0.115. The third kappa shape index (κ3) is 4.93.